The summed E-state index contributed by atoms with van der Waals surface area (Å²) in [5.74, 6) is 1.47. The molecule has 0 amide bonds. The molecule has 0 aliphatic carbocycles. The van der Waals surface area contributed by atoms with E-state index < -0.39 is 0 Å². The molecule has 0 saturated carbocycles. The standard InChI is InChI=1S/C8H11N5/c1-13-5-4-10-8(13)6-2-3-7(9)12-11-6/h4-5H,2-3H2,1H3,(H2,9,12). The van der Waals surface area contributed by atoms with E-state index in [1.54, 1.807) is 6.20 Å². The minimum atomic E-state index is 0.595. The molecule has 0 radical (unpaired) electrons. The topological polar surface area (TPSA) is 68.6 Å². The van der Waals surface area contributed by atoms with Gasteiger partial charge in [0.2, 0.25) is 0 Å². The molecule has 5 nitrogen and oxygen atoms in total. The van der Waals surface area contributed by atoms with Crippen molar-refractivity contribution in [1.29, 1.82) is 0 Å². The van der Waals surface area contributed by atoms with Crippen molar-refractivity contribution in [2.75, 3.05) is 0 Å². The zero-order valence-electron chi connectivity index (χ0n) is 7.44. The SMILES string of the molecule is Cn1ccnc1C1=NN=C(N)CC1. The predicted molar refractivity (Wildman–Crippen MR) is 50.6 cm³/mol. The van der Waals surface area contributed by atoms with Gasteiger partial charge in [-0.15, -0.1) is 10.2 Å². The first-order chi connectivity index (χ1) is 6.27. The molecule has 0 bridgehead atoms. The summed E-state index contributed by atoms with van der Waals surface area (Å²) < 4.78 is 1.93. The van der Waals surface area contributed by atoms with E-state index in [4.69, 9.17) is 5.73 Å². The van der Waals surface area contributed by atoms with Crippen LogP contribution in [0.4, 0.5) is 0 Å². The number of hydrogen-bond acceptors (Lipinski definition) is 4. The van der Waals surface area contributed by atoms with Crippen molar-refractivity contribution in [3.05, 3.63) is 18.2 Å². The van der Waals surface area contributed by atoms with Crippen LogP contribution in [-0.2, 0) is 7.05 Å². The molecular formula is C8H11N5. The average Bonchev–Trinajstić information content (AvgIpc) is 2.53. The molecule has 0 unspecified atom stereocenters. The van der Waals surface area contributed by atoms with Crippen molar-refractivity contribution in [2.24, 2.45) is 23.0 Å². The summed E-state index contributed by atoms with van der Waals surface area (Å²) in [7, 11) is 1.94. The van der Waals surface area contributed by atoms with Crippen molar-refractivity contribution in [3.63, 3.8) is 0 Å². The first-order valence-electron chi connectivity index (χ1n) is 4.14. The second kappa shape index (κ2) is 3.01. The number of amidine groups is 1. The molecule has 0 atom stereocenters. The van der Waals surface area contributed by atoms with E-state index in [1.807, 2.05) is 17.8 Å². The maximum atomic E-state index is 5.50. The monoisotopic (exact) mass is 177 g/mol. The number of hydrogen-bond donors (Lipinski definition) is 1. The Hall–Kier alpha value is -1.65. The lowest BCUT2D eigenvalue weighted by atomic mass is 10.2. The smallest absolute Gasteiger partial charge is 0.156 e. The van der Waals surface area contributed by atoms with Crippen molar-refractivity contribution in [3.8, 4) is 0 Å². The van der Waals surface area contributed by atoms with Crippen molar-refractivity contribution in [2.45, 2.75) is 12.8 Å². The third-order valence-corrected chi connectivity index (χ3v) is 2.00. The van der Waals surface area contributed by atoms with Gasteiger partial charge in [-0.3, -0.25) is 0 Å². The van der Waals surface area contributed by atoms with E-state index in [2.05, 4.69) is 15.2 Å². The summed E-state index contributed by atoms with van der Waals surface area (Å²) >= 11 is 0. The third kappa shape index (κ3) is 1.44. The summed E-state index contributed by atoms with van der Waals surface area (Å²) in [6.45, 7) is 0. The highest BCUT2D eigenvalue weighted by atomic mass is 15.3. The minimum absolute atomic E-state index is 0.595. The number of nitrogens with two attached hydrogens (primary N) is 1. The largest absolute Gasteiger partial charge is 0.386 e. The van der Waals surface area contributed by atoms with Crippen LogP contribution in [0.25, 0.3) is 0 Å². The summed E-state index contributed by atoms with van der Waals surface area (Å²) in [6.07, 6.45) is 5.23. The van der Waals surface area contributed by atoms with Gasteiger partial charge in [-0.05, 0) is 0 Å². The van der Waals surface area contributed by atoms with E-state index in [-0.39, 0.29) is 0 Å². The van der Waals surface area contributed by atoms with Gasteiger partial charge in [0.05, 0.1) is 0 Å². The van der Waals surface area contributed by atoms with E-state index in [9.17, 15) is 0 Å². The summed E-state index contributed by atoms with van der Waals surface area (Å²) in [5, 5.41) is 7.85. The van der Waals surface area contributed by atoms with Crippen LogP contribution in [0.1, 0.15) is 18.7 Å². The summed E-state index contributed by atoms with van der Waals surface area (Å²) in [5.41, 5.74) is 6.41. The molecule has 0 spiro atoms. The van der Waals surface area contributed by atoms with Crippen LogP contribution in [0.15, 0.2) is 22.6 Å². The van der Waals surface area contributed by atoms with Crippen molar-refractivity contribution >= 4 is 11.5 Å². The van der Waals surface area contributed by atoms with Gasteiger partial charge >= 0.3 is 0 Å². The average molecular weight is 177 g/mol. The zero-order valence-corrected chi connectivity index (χ0v) is 7.44. The highest BCUT2D eigenvalue weighted by molar-refractivity contribution is 6.01. The van der Waals surface area contributed by atoms with Gasteiger partial charge in [-0.2, -0.15) is 0 Å². The molecule has 1 aliphatic rings. The van der Waals surface area contributed by atoms with E-state index >= 15 is 0 Å². The Morgan fingerprint density at radius 3 is 2.77 bits per heavy atom. The van der Waals surface area contributed by atoms with Crippen LogP contribution in [0.3, 0.4) is 0 Å². The maximum absolute atomic E-state index is 5.50. The lowest BCUT2D eigenvalue weighted by Gasteiger charge is -2.08. The lowest BCUT2D eigenvalue weighted by molar-refractivity contribution is 0.878. The first kappa shape index (κ1) is 7.97. The molecule has 0 saturated heterocycles. The Morgan fingerprint density at radius 1 is 1.38 bits per heavy atom. The summed E-state index contributed by atoms with van der Waals surface area (Å²) in [4.78, 5) is 4.19. The Balaban J connectivity index is 2.33. The molecule has 2 N–H and O–H groups in total. The molecule has 2 rings (SSSR count). The van der Waals surface area contributed by atoms with Crippen molar-refractivity contribution < 1.29 is 0 Å². The van der Waals surface area contributed by atoms with Gasteiger partial charge in [0.25, 0.3) is 0 Å². The Bertz CT molecular complexity index is 374. The van der Waals surface area contributed by atoms with Gasteiger partial charge in [-0.1, -0.05) is 0 Å². The molecule has 5 heteroatoms. The zero-order chi connectivity index (χ0) is 9.26. The number of rotatable bonds is 1. The normalized spacial score (nSPS) is 16.7. The van der Waals surface area contributed by atoms with Crippen LogP contribution in [0, 0.1) is 0 Å². The van der Waals surface area contributed by atoms with Crippen LogP contribution < -0.4 is 5.73 Å². The predicted octanol–water partition coefficient (Wildman–Crippen LogP) is 0.275. The lowest BCUT2D eigenvalue weighted by Crippen LogP contribution is -2.19. The Kier molecular flexibility index (Phi) is 1.84. The number of nitrogens with zero attached hydrogens (tertiary/aromatic N) is 4. The molecular weight excluding hydrogens is 166 g/mol. The molecule has 0 fully saturated rings. The third-order valence-electron chi connectivity index (χ3n) is 2.00. The van der Waals surface area contributed by atoms with Crippen LogP contribution in [0.5, 0.6) is 0 Å². The second-order valence-electron chi connectivity index (χ2n) is 3.00. The fourth-order valence-electron chi connectivity index (χ4n) is 1.27. The summed E-state index contributed by atoms with van der Waals surface area (Å²) in [6, 6.07) is 0. The fourth-order valence-corrected chi connectivity index (χ4v) is 1.27. The molecule has 13 heavy (non-hydrogen) atoms. The van der Waals surface area contributed by atoms with E-state index in [0.717, 1.165) is 24.4 Å². The number of aromatic nitrogens is 2. The van der Waals surface area contributed by atoms with Gasteiger partial charge in [-0.25, -0.2) is 4.98 Å². The Labute approximate surface area is 76.0 Å². The highest BCUT2D eigenvalue weighted by Gasteiger charge is 2.12. The fraction of sp³-hybridized carbons (Fsp3) is 0.375. The van der Waals surface area contributed by atoms with Crippen molar-refractivity contribution in [1.82, 2.24) is 9.55 Å². The molecule has 68 valence electrons. The molecule has 0 aromatic carbocycles. The van der Waals surface area contributed by atoms with E-state index in [0.29, 0.717) is 5.84 Å². The molecule has 1 aromatic heterocycles. The van der Waals surface area contributed by atoms with E-state index in [1.165, 1.54) is 0 Å². The van der Waals surface area contributed by atoms with Gasteiger partial charge in [0.15, 0.2) is 5.82 Å². The van der Waals surface area contributed by atoms with Crippen LogP contribution in [-0.4, -0.2) is 21.1 Å². The van der Waals surface area contributed by atoms with Crippen LogP contribution in [0.2, 0.25) is 0 Å². The van der Waals surface area contributed by atoms with Gasteiger partial charge in [0.1, 0.15) is 11.5 Å². The number of aryl methyl sites for hydroxylation is 1. The van der Waals surface area contributed by atoms with Gasteiger partial charge < -0.3 is 10.3 Å². The van der Waals surface area contributed by atoms with Crippen LogP contribution >= 0.6 is 0 Å². The molecule has 2 heterocycles. The maximum Gasteiger partial charge on any atom is 0.156 e. The second-order valence-corrected chi connectivity index (χ2v) is 3.00. The molecule has 1 aliphatic heterocycles. The number of imidazole rings is 1. The Morgan fingerprint density at radius 2 is 2.23 bits per heavy atom. The van der Waals surface area contributed by atoms with Gasteiger partial charge in [0, 0.05) is 32.3 Å². The first-order valence-corrected chi connectivity index (χ1v) is 4.14. The highest BCUT2D eigenvalue weighted by Crippen LogP contribution is 2.08. The minimum Gasteiger partial charge on any atom is -0.386 e. The molecule has 1 aromatic rings. The quantitative estimate of drug-likeness (QED) is 0.669.